The first-order valence-electron chi connectivity index (χ1n) is 6.85. The maximum Gasteiger partial charge on any atom is 0.346 e. The van der Waals surface area contributed by atoms with Crippen molar-refractivity contribution in [2.45, 2.75) is 18.7 Å². The number of carboxylic acid groups (broad SMARTS) is 1. The van der Waals surface area contributed by atoms with Crippen molar-refractivity contribution in [3.63, 3.8) is 0 Å². The molecule has 4 nitrogen and oxygen atoms in total. The summed E-state index contributed by atoms with van der Waals surface area (Å²) in [4.78, 5) is 14.2. The number of hydrogen-bond acceptors (Lipinski definition) is 4. The summed E-state index contributed by atoms with van der Waals surface area (Å²) in [6.45, 7) is 4.72. The SMILES string of the molecule is CCN1C(=CC=C(C)C=C(C#N)C(=O)O)Sc2ccccc21. The molecule has 112 valence electrons. The van der Waals surface area contributed by atoms with E-state index in [9.17, 15) is 4.79 Å². The van der Waals surface area contributed by atoms with E-state index in [1.165, 1.54) is 16.7 Å². The molecule has 22 heavy (non-hydrogen) atoms. The van der Waals surface area contributed by atoms with Gasteiger partial charge in [-0.2, -0.15) is 5.26 Å². The highest BCUT2D eigenvalue weighted by Crippen LogP contribution is 2.45. The van der Waals surface area contributed by atoms with Crippen molar-refractivity contribution in [1.29, 1.82) is 5.26 Å². The minimum Gasteiger partial charge on any atom is -0.477 e. The Morgan fingerprint density at radius 1 is 1.45 bits per heavy atom. The molecule has 0 bridgehead atoms. The first-order chi connectivity index (χ1) is 10.6. The van der Waals surface area contributed by atoms with E-state index in [0.717, 1.165) is 17.1 Å². The summed E-state index contributed by atoms with van der Waals surface area (Å²) in [5, 5.41) is 18.7. The van der Waals surface area contributed by atoms with Crippen LogP contribution in [0.3, 0.4) is 0 Å². The second kappa shape index (κ2) is 7.01. The molecule has 0 unspecified atom stereocenters. The lowest BCUT2D eigenvalue weighted by Gasteiger charge is -2.17. The van der Waals surface area contributed by atoms with Crippen LogP contribution < -0.4 is 4.90 Å². The molecule has 1 aliphatic heterocycles. The number of thioether (sulfide) groups is 1. The number of carboxylic acids is 1. The van der Waals surface area contributed by atoms with Crippen LogP contribution in [0.2, 0.25) is 0 Å². The molecule has 0 atom stereocenters. The van der Waals surface area contributed by atoms with Gasteiger partial charge in [-0.25, -0.2) is 4.79 Å². The second-order valence-corrected chi connectivity index (χ2v) is 5.77. The zero-order chi connectivity index (χ0) is 16.1. The first-order valence-corrected chi connectivity index (χ1v) is 7.66. The topological polar surface area (TPSA) is 64.3 Å². The summed E-state index contributed by atoms with van der Waals surface area (Å²) in [5.41, 5.74) is 1.65. The summed E-state index contributed by atoms with van der Waals surface area (Å²) in [5.74, 6) is -1.21. The molecule has 0 spiro atoms. The third-order valence-corrected chi connectivity index (χ3v) is 4.30. The van der Waals surface area contributed by atoms with Crippen molar-refractivity contribution >= 4 is 23.4 Å². The molecule has 0 aromatic heterocycles. The van der Waals surface area contributed by atoms with Crippen LogP contribution in [-0.4, -0.2) is 17.6 Å². The Labute approximate surface area is 134 Å². The predicted octanol–water partition coefficient (Wildman–Crippen LogP) is 3.94. The molecular formula is C17H16N2O2S. The highest BCUT2D eigenvalue weighted by molar-refractivity contribution is 8.03. The quantitative estimate of drug-likeness (QED) is 0.518. The number of rotatable bonds is 4. The Morgan fingerprint density at radius 3 is 2.82 bits per heavy atom. The smallest absolute Gasteiger partial charge is 0.346 e. The lowest BCUT2D eigenvalue weighted by molar-refractivity contribution is -0.132. The lowest BCUT2D eigenvalue weighted by atomic mass is 10.2. The van der Waals surface area contributed by atoms with Gasteiger partial charge in [-0.1, -0.05) is 30.0 Å². The van der Waals surface area contributed by atoms with Gasteiger partial charge in [0.05, 0.1) is 10.7 Å². The number of benzene rings is 1. The highest BCUT2D eigenvalue weighted by Gasteiger charge is 2.22. The van der Waals surface area contributed by atoms with Crippen LogP contribution in [-0.2, 0) is 4.79 Å². The fourth-order valence-corrected chi connectivity index (χ4v) is 3.25. The lowest BCUT2D eigenvalue weighted by Crippen LogP contribution is -2.16. The van der Waals surface area contributed by atoms with Gasteiger partial charge in [0.2, 0.25) is 0 Å². The number of fused-ring (bicyclic) bond motifs is 1. The summed E-state index contributed by atoms with van der Waals surface area (Å²) < 4.78 is 0. The third-order valence-electron chi connectivity index (χ3n) is 3.16. The summed E-state index contributed by atoms with van der Waals surface area (Å²) in [6, 6.07) is 9.87. The summed E-state index contributed by atoms with van der Waals surface area (Å²) >= 11 is 1.68. The monoisotopic (exact) mass is 312 g/mol. The van der Waals surface area contributed by atoms with Gasteiger partial charge in [0.15, 0.2) is 0 Å². The molecular weight excluding hydrogens is 296 g/mol. The molecule has 5 heteroatoms. The van der Waals surface area contributed by atoms with Crippen molar-refractivity contribution < 1.29 is 9.90 Å². The number of carbonyl (C=O) groups is 1. The molecule has 1 heterocycles. The zero-order valence-corrected chi connectivity index (χ0v) is 13.2. The molecule has 0 fully saturated rings. The Hall–Kier alpha value is -2.45. The second-order valence-electron chi connectivity index (χ2n) is 4.70. The van der Waals surface area contributed by atoms with E-state index in [4.69, 9.17) is 10.4 Å². The zero-order valence-electron chi connectivity index (χ0n) is 12.4. The van der Waals surface area contributed by atoms with Crippen molar-refractivity contribution in [2.75, 3.05) is 11.4 Å². The molecule has 0 aliphatic carbocycles. The van der Waals surface area contributed by atoms with Crippen LogP contribution in [0.5, 0.6) is 0 Å². The van der Waals surface area contributed by atoms with Crippen molar-refractivity contribution in [1.82, 2.24) is 0 Å². The molecule has 0 radical (unpaired) electrons. The van der Waals surface area contributed by atoms with Gasteiger partial charge in [0.1, 0.15) is 11.6 Å². The van der Waals surface area contributed by atoms with Crippen LogP contribution in [0.4, 0.5) is 5.69 Å². The maximum atomic E-state index is 10.8. The van der Waals surface area contributed by atoms with Gasteiger partial charge < -0.3 is 10.0 Å². The van der Waals surface area contributed by atoms with Crippen molar-refractivity contribution in [3.8, 4) is 6.07 Å². The summed E-state index contributed by atoms with van der Waals surface area (Å²) in [7, 11) is 0. The van der Waals surface area contributed by atoms with Gasteiger partial charge in [-0.05, 0) is 43.7 Å². The fourth-order valence-electron chi connectivity index (χ4n) is 2.12. The number of aliphatic carboxylic acids is 1. The fraction of sp³-hybridized carbons (Fsp3) is 0.176. The van der Waals surface area contributed by atoms with Crippen LogP contribution in [0.25, 0.3) is 0 Å². The van der Waals surface area contributed by atoms with E-state index in [1.807, 2.05) is 24.3 Å². The van der Waals surface area contributed by atoms with Crippen molar-refractivity contribution in [2.24, 2.45) is 0 Å². The molecule has 1 N–H and O–H groups in total. The van der Waals surface area contributed by atoms with Crippen molar-refractivity contribution in [3.05, 3.63) is 58.7 Å². The van der Waals surface area contributed by atoms with E-state index in [-0.39, 0.29) is 5.57 Å². The third kappa shape index (κ3) is 3.41. The Balaban J connectivity index is 2.26. The van der Waals surface area contributed by atoms with Gasteiger partial charge in [-0.15, -0.1) is 0 Å². The van der Waals surface area contributed by atoms with Crippen LogP contribution in [0.1, 0.15) is 13.8 Å². The normalized spacial score (nSPS) is 16.6. The summed E-state index contributed by atoms with van der Waals surface area (Å²) in [6.07, 6.45) is 5.16. The van der Waals surface area contributed by atoms with Gasteiger partial charge in [0, 0.05) is 11.4 Å². The van der Waals surface area contributed by atoms with Crippen LogP contribution in [0.15, 0.2) is 63.6 Å². The van der Waals surface area contributed by atoms with Gasteiger partial charge in [-0.3, -0.25) is 0 Å². The number of para-hydroxylation sites is 1. The van der Waals surface area contributed by atoms with E-state index in [1.54, 1.807) is 24.8 Å². The predicted molar refractivity (Wildman–Crippen MR) is 88.5 cm³/mol. The molecule has 0 amide bonds. The molecule has 1 aliphatic rings. The number of anilines is 1. The molecule has 2 rings (SSSR count). The Kier molecular flexibility index (Phi) is 5.08. The van der Waals surface area contributed by atoms with E-state index >= 15 is 0 Å². The molecule has 0 saturated heterocycles. The van der Waals surface area contributed by atoms with Crippen LogP contribution in [0, 0.1) is 11.3 Å². The number of hydrogen-bond donors (Lipinski definition) is 1. The highest BCUT2D eigenvalue weighted by atomic mass is 32.2. The largest absolute Gasteiger partial charge is 0.477 e. The van der Waals surface area contributed by atoms with E-state index < -0.39 is 5.97 Å². The Bertz CT molecular complexity index is 726. The average molecular weight is 312 g/mol. The van der Waals surface area contributed by atoms with E-state index in [0.29, 0.717) is 0 Å². The number of nitriles is 1. The minimum absolute atomic E-state index is 0.262. The first kappa shape index (κ1) is 15.9. The van der Waals surface area contributed by atoms with E-state index in [2.05, 4.69) is 24.0 Å². The molecule has 1 aromatic rings. The maximum absolute atomic E-state index is 10.8. The Morgan fingerprint density at radius 2 is 2.18 bits per heavy atom. The number of allylic oxidation sites excluding steroid dienone is 4. The molecule has 0 saturated carbocycles. The van der Waals surface area contributed by atoms with Crippen LogP contribution >= 0.6 is 11.8 Å². The van der Waals surface area contributed by atoms with Gasteiger partial charge >= 0.3 is 5.97 Å². The minimum atomic E-state index is -1.21. The molecule has 1 aromatic carbocycles. The van der Waals surface area contributed by atoms with Gasteiger partial charge in [0.25, 0.3) is 0 Å². The average Bonchev–Trinajstić information content (AvgIpc) is 2.87. The standard InChI is InChI=1S/C17H16N2O2S/c1-3-19-14-6-4-5-7-15(14)22-16(19)9-8-12(2)10-13(11-18)17(20)21/h4-10H,3H2,1-2H3,(H,20,21). The number of nitrogens with zero attached hydrogens (tertiary/aromatic N) is 2.